The van der Waals surface area contributed by atoms with E-state index in [-0.39, 0.29) is 25.0 Å². The first kappa shape index (κ1) is 12.3. The molecule has 0 bridgehead atoms. The minimum atomic E-state index is -0.729. The molecule has 3 nitrogen and oxygen atoms in total. The highest BCUT2D eigenvalue weighted by molar-refractivity contribution is 5.24. The van der Waals surface area contributed by atoms with Gasteiger partial charge in [0.2, 0.25) is 0 Å². The number of benzene rings is 1. The smallest absolute Gasteiger partial charge is 0.167 e. The predicted octanol–water partition coefficient (Wildman–Crippen LogP) is 1.46. The van der Waals surface area contributed by atoms with Gasteiger partial charge in [0.05, 0.1) is 12.6 Å². The fourth-order valence-corrected chi connectivity index (χ4v) is 1.52. The first-order chi connectivity index (χ1) is 8.19. The Bertz CT molecular complexity index is 383. The fraction of sp³-hybridized carbons (Fsp3) is 0.500. The molecule has 1 saturated carbocycles. The van der Waals surface area contributed by atoms with E-state index >= 15 is 0 Å². The van der Waals surface area contributed by atoms with Crippen LogP contribution in [0, 0.1) is 11.6 Å². The number of hydrogen-bond donors (Lipinski definition) is 2. The van der Waals surface area contributed by atoms with Crippen LogP contribution in [0.1, 0.15) is 12.8 Å². The van der Waals surface area contributed by atoms with Gasteiger partial charge in [0.25, 0.3) is 0 Å². The summed E-state index contributed by atoms with van der Waals surface area (Å²) in [4.78, 5) is 0. The van der Waals surface area contributed by atoms with E-state index in [0.29, 0.717) is 6.04 Å². The van der Waals surface area contributed by atoms with Gasteiger partial charge in [0.15, 0.2) is 11.6 Å². The zero-order chi connectivity index (χ0) is 12.3. The minimum absolute atomic E-state index is 0.00227. The van der Waals surface area contributed by atoms with Crippen LogP contribution in [0.25, 0.3) is 0 Å². The lowest BCUT2D eigenvalue weighted by Crippen LogP contribution is -2.39. The lowest BCUT2D eigenvalue weighted by Gasteiger charge is -2.16. The molecule has 94 valence electrons. The molecule has 1 aliphatic rings. The lowest BCUT2D eigenvalue weighted by atomic mass is 10.3. The zero-order valence-electron chi connectivity index (χ0n) is 9.33. The summed E-state index contributed by atoms with van der Waals surface area (Å²) >= 11 is 0. The first-order valence-corrected chi connectivity index (χ1v) is 5.64. The van der Waals surface area contributed by atoms with E-state index < -0.39 is 11.6 Å². The standard InChI is InChI=1S/C12H15F2NO2/c13-8-1-4-12(11(14)5-8)17-7-10(6-16)15-9-2-3-9/h1,4-5,9-10,15-16H,2-3,6-7H2. The van der Waals surface area contributed by atoms with Crippen LogP contribution in [-0.2, 0) is 0 Å². The minimum Gasteiger partial charge on any atom is -0.489 e. The summed E-state index contributed by atoms with van der Waals surface area (Å²) in [5.41, 5.74) is 0. The summed E-state index contributed by atoms with van der Waals surface area (Å²) in [6.07, 6.45) is 2.20. The van der Waals surface area contributed by atoms with Crippen molar-refractivity contribution in [2.75, 3.05) is 13.2 Å². The summed E-state index contributed by atoms with van der Waals surface area (Å²) in [5.74, 6) is -1.36. The van der Waals surface area contributed by atoms with Crippen LogP contribution in [-0.4, -0.2) is 30.4 Å². The van der Waals surface area contributed by atoms with Crippen LogP contribution in [0.5, 0.6) is 5.75 Å². The average Bonchev–Trinajstić information content (AvgIpc) is 3.10. The molecule has 1 aromatic rings. The molecule has 1 atom stereocenters. The van der Waals surface area contributed by atoms with E-state index in [1.807, 2.05) is 0 Å². The Balaban J connectivity index is 1.86. The van der Waals surface area contributed by atoms with Gasteiger partial charge in [-0.25, -0.2) is 8.78 Å². The quantitative estimate of drug-likeness (QED) is 0.794. The van der Waals surface area contributed by atoms with E-state index in [1.165, 1.54) is 6.07 Å². The normalized spacial score (nSPS) is 16.9. The number of hydrogen-bond acceptors (Lipinski definition) is 3. The zero-order valence-corrected chi connectivity index (χ0v) is 9.33. The van der Waals surface area contributed by atoms with Crippen molar-refractivity contribution in [1.29, 1.82) is 0 Å². The molecule has 0 heterocycles. The molecular formula is C12H15F2NO2. The Morgan fingerprint density at radius 2 is 2.18 bits per heavy atom. The van der Waals surface area contributed by atoms with Gasteiger partial charge in [0, 0.05) is 12.1 Å². The number of nitrogens with one attached hydrogen (secondary N) is 1. The van der Waals surface area contributed by atoms with Crippen LogP contribution >= 0.6 is 0 Å². The van der Waals surface area contributed by atoms with Crippen molar-refractivity contribution in [3.05, 3.63) is 29.8 Å². The molecule has 17 heavy (non-hydrogen) atoms. The van der Waals surface area contributed by atoms with E-state index in [2.05, 4.69) is 5.32 Å². The molecule has 1 aliphatic carbocycles. The maximum absolute atomic E-state index is 13.2. The van der Waals surface area contributed by atoms with E-state index in [1.54, 1.807) is 0 Å². The maximum atomic E-state index is 13.2. The Labute approximate surface area is 98.4 Å². The maximum Gasteiger partial charge on any atom is 0.167 e. The van der Waals surface area contributed by atoms with Crippen molar-refractivity contribution in [3.63, 3.8) is 0 Å². The largest absolute Gasteiger partial charge is 0.489 e. The summed E-state index contributed by atoms with van der Waals surface area (Å²) in [5, 5.41) is 12.3. The molecule has 1 fully saturated rings. The second kappa shape index (κ2) is 5.42. The molecule has 0 aliphatic heterocycles. The van der Waals surface area contributed by atoms with E-state index in [4.69, 9.17) is 9.84 Å². The highest BCUT2D eigenvalue weighted by Gasteiger charge is 2.24. The monoisotopic (exact) mass is 243 g/mol. The SMILES string of the molecule is OCC(COc1ccc(F)cc1F)NC1CC1. The van der Waals surface area contributed by atoms with Crippen molar-refractivity contribution >= 4 is 0 Å². The number of aliphatic hydroxyl groups is 1. The molecule has 0 radical (unpaired) electrons. The Kier molecular flexibility index (Phi) is 3.91. The molecule has 0 amide bonds. The van der Waals surface area contributed by atoms with Gasteiger partial charge in [-0.3, -0.25) is 0 Å². The first-order valence-electron chi connectivity index (χ1n) is 5.64. The third kappa shape index (κ3) is 3.64. The van der Waals surface area contributed by atoms with Crippen molar-refractivity contribution in [3.8, 4) is 5.75 Å². The molecule has 2 rings (SSSR count). The highest BCUT2D eigenvalue weighted by Crippen LogP contribution is 2.20. The van der Waals surface area contributed by atoms with Crippen LogP contribution in [0.15, 0.2) is 18.2 Å². The Hall–Kier alpha value is -1.20. The van der Waals surface area contributed by atoms with Gasteiger partial charge in [-0.1, -0.05) is 0 Å². The number of ether oxygens (including phenoxy) is 1. The second-order valence-electron chi connectivity index (χ2n) is 4.21. The molecule has 0 spiro atoms. The number of halogens is 2. The summed E-state index contributed by atoms with van der Waals surface area (Å²) in [6.45, 7) is 0.0921. The summed E-state index contributed by atoms with van der Waals surface area (Å²) < 4.78 is 31.1. The Morgan fingerprint density at radius 1 is 1.41 bits per heavy atom. The number of aliphatic hydroxyl groups excluding tert-OH is 1. The van der Waals surface area contributed by atoms with E-state index in [0.717, 1.165) is 25.0 Å². The number of rotatable bonds is 6. The van der Waals surface area contributed by atoms with E-state index in [9.17, 15) is 8.78 Å². The third-order valence-electron chi connectivity index (χ3n) is 2.60. The lowest BCUT2D eigenvalue weighted by molar-refractivity contribution is 0.178. The fourth-order valence-electron chi connectivity index (χ4n) is 1.52. The highest BCUT2D eigenvalue weighted by atomic mass is 19.1. The van der Waals surface area contributed by atoms with Gasteiger partial charge < -0.3 is 15.2 Å². The van der Waals surface area contributed by atoms with Crippen molar-refractivity contribution < 1.29 is 18.6 Å². The Morgan fingerprint density at radius 3 is 2.76 bits per heavy atom. The molecule has 2 N–H and O–H groups in total. The van der Waals surface area contributed by atoms with Crippen molar-refractivity contribution in [2.24, 2.45) is 0 Å². The predicted molar refractivity (Wildman–Crippen MR) is 58.9 cm³/mol. The average molecular weight is 243 g/mol. The van der Waals surface area contributed by atoms with Gasteiger partial charge in [-0.05, 0) is 25.0 Å². The summed E-state index contributed by atoms with van der Waals surface area (Å²) in [7, 11) is 0. The third-order valence-corrected chi connectivity index (χ3v) is 2.60. The van der Waals surface area contributed by atoms with Crippen molar-refractivity contribution in [1.82, 2.24) is 5.32 Å². The van der Waals surface area contributed by atoms with Crippen LogP contribution in [0.3, 0.4) is 0 Å². The second-order valence-corrected chi connectivity index (χ2v) is 4.21. The van der Waals surface area contributed by atoms with Crippen LogP contribution < -0.4 is 10.1 Å². The topological polar surface area (TPSA) is 41.5 Å². The van der Waals surface area contributed by atoms with Gasteiger partial charge in [-0.2, -0.15) is 0 Å². The summed E-state index contributed by atoms with van der Waals surface area (Å²) in [6, 6.07) is 3.38. The van der Waals surface area contributed by atoms with Gasteiger partial charge in [0.1, 0.15) is 12.4 Å². The van der Waals surface area contributed by atoms with Crippen molar-refractivity contribution in [2.45, 2.75) is 24.9 Å². The van der Waals surface area contributed by atoms with Crippen LogP contribution in [0.4, 0.5) is 8.78 Å². The molecule has 5 heteroatoms. The molecule has 0 aromatic heterocycles. The van der Waals surface area contributed by atoms with Gasteiger partial charge >= 0.3 is 0 Å². The van der Waals surface area contributed by atoms with Crippen LogP contribution in [0.2, 0.25) is 0 Å². The molecular weight excluding hydrogens is 228 g/mol. The molecule has 1 aromatic carbocycles. The molecule has 0 saturated heterocycles. The molecule has 1 unspecified atom stereocenters. The van der Waals surface area contributed by atoms with Gasteiger partial charge in [-0.15, -0.1) is 0 Å².